The number of rotatable bonds is 4. The minimum absolute atomic E-state index is 0.127. The van der Waals surface area contributed by atoms with Crippen molar-refractivity contribution in [2.45, 2.75) is 52.0 Å². The van der Waals surface area contributed by atoms with Crippen LogP contribution < -0.4 is 0 Å². The van der Waals surface area contributed by atoms with Crippen molar-refractivity contribution in [2.24, 2.45) is 16.3 Å². The van der Waals surface area contributed by atoms with Gasteiger partial charge in [0.25, 0.3) is 0 Å². The molecule has 1 aliphatic carbocycles. The number of likely N-dealkylation sites (tertiary alicyclic amines) is 2. The summed E-state index contributed by atoms with van der Waals surface area (Å²) in [6.45, 7) is 9.58. The SMILES string of the molecule is CC/N=C/C1CCN(C2CCC3(C2)CN(C(=O)OCC)C3)CC1. The summed E-state index contributed by atoms with van der Waals surface area (Å²) in [5, 5.41) is 0. The van der Waals surface area contributed by atoms with Crippen molar-refractivity contribution in [1.82, 2.24) is 9.80 Å². The fraction of sp³-hybridized carbons (Fsp3) is 0.889. The molecule has 0 radical (unpaired) electrons. The zero-order valence-corrected chi connectivity index (χ0v) is 14.7. The number of hydrogen-bond acceptors (Lipinski definition) is 4. The first-order chi connectivity index (χ1) is 11.2. The number of nitrogens with zero attached hydrogens (tertiary/aromatic N) is 3. The van der Waals surface area contributed by atoms with Crippen LogP contribution in [0.25, 0.3) is 0 Å². The van der Waals surface area contributed by atoms with Gasteiger partial charge in [0.15, 0.2) is 0 Å². The first-order valence-electron chi connectivity index (χ1n) is 9.31. The second-order valence-electron chi connectivity index (χ2n) is 7.47. The van der Waals surface area contributed by atoms with Crippen molar-refractivity contribution in [1.29, 1.82) is 0 Å². The van der Waals surface area contributed by atoms with Crippen LogP contribution >= 0.6 is 0 Å². The normalized spacial score (nSPS) is 28.4. The molecule has 23 heavy (non-hydrogen) atoms. The second-order valence-corrected chi connectivity index (χ2v) is 7.47. The summed E-state index contributed by atoms with van der Waals surface area (Å²) < 4.78 is 5.10. The number of carbonyl (C=O) groups is 1. The molecule has 0 aromatic rings. The maximum atomic E-state index is 11.8. The van der Waals surface area contributed by atoms with Crippen LogP contribution in [0.2, 0.25) is 0 Å². The molecule has 0 bridgehead atoms. The third kappa shape index (κ3) is 3.70. The van der Waals surface area contributed by atoms with E-state index in [0.29, 0.717) is 17.9 Å². The average molecular weight is 321 g/mol. The molecule has 0 aromatic carbocycles. The summed E-state index contributed by atoms with van der Waals surface area (Å²) >= 11 is 0. The van der Waals surface area contributed by atoms with E-state index in [1.807, 2.05) is 11.8 Å². The fourth-order valence-electron chi connectivity index (χ4n) is 4.57. The van der Waals surface area contributed by atoms with Crippen molar-refractivity contribution >= 4 is 12.3 Å². The molecule has 1 spiro atoms. The lowest BCUT2D eigenvalue weighted by atomic mass is 9.78. The van der Waals surface area contributed by atoms with Crippen molar-refractivity contribution < 1.29 is 9.53 Å². The minimum Gasteiger partial charge on any atom is -0.450 e. The van der Waals surface area contributed by atoms with Crippen molar-refractivity contribution in [3.05, 3.63) is 0 Å². The van der Waals surface area contributed by atoms with Crippen molar-refractivity contribution in [3.8, 4) is 0 Å². The summed E-state index contributed by atoms with van der Waals surface area (Å²) in [6.07, 6.45) is 8.38. The Labute approximate surface area is 140 Å². The van der Waals surface area contributed by atoms with Crippen LogP contribution in [0, 0.1) is 11.3 Å². The molecule has 3 aliphatic rings. The molecule has 5 nitrogen and oxygen atoms in total. The standard InChI is InChI=1S/C18H31N3O2/c1-3-19-12-15-6-9-20(10-7-15)16-5-8-18(11-16)13-21(14-18)17(22)23-4-2/h12,15-16H,3-11,13-14H2,1-2H3/b19-12+. The lowest BCUT2D eigenvalue weighted by Gasteiger charge is -2.48. The summed E-state index contributed by atoms with van der Waals surface area (Å²) in [5.74, 6) is 0.685. The molecule has 0 N–H and O–H groups in total. The van der Waals surface area contributed by atoms with E-state index in [1.54, 1.807) is 0 Å². The van der Waals surface area contributed by atoms with E-state index in [9.17, 15) is 4.79 Å². The number of amides is 1. The van der Waals surface area contributed by atoms with E-state index in [1.165, 1.54) is 45.2 Å². The molecule has 0 aromatic heterocycles. The van der Waals surface area contributed by atoms with E-state index < -0.39 is 0 Å². The summed E-state index contributed by atoms with van der Waals surface area (Å²) in [4.78, 5) is 20.7. The Morgan fingerprint density at radius 2 is 2.00 bits per heavy atom. The molecule has 1 saturated carbocycles. The lowest BCUT2D eigenvalue weighted by Crippen LogP contribution is -2.58. The highest BCUT2D eigenvalue weighted by molar-refractivity contribution is 5.69. The third-order valence-corrected chi connectivity index (χ3v) is 5.84. The Balaban J connectivity index is 1.43. The Kier molecular flexibility index (Phi) is 5.24. The van der Waals surface area contributed by atoms with Gasteiger partial charge in [-0.25, -0.2) is 4.79 Å². The Morgan fingerprint density at radius 3 is 2.65 bits per heavy atom. The number of piperidine rings is 1. The largest absolute Gasteiger partial charge is 0.450 e. The van der Waals surface area contributed by atoms with Crippen LogP contribution in [-0.4, -0.2) is 67.5 Å². The van der Waals surface area contributed by atoms with Gasteiger partial charge in [-0.2, -0.15) is 0 Å². The molecule has 130 valence electrons. The molecule has 3 fully saturated rings. The Bertz CT molecular complexity index is 438. The molecule has 1 atom stereocenters. The van der Waals surface area contributed by atoms with Gasteiger partial charge in [0, 0.05) is 37.3 Å². The van der Waals surface area contributed by atoms with Crippen LogP contribution in [0.1, 0.15) is 46.0 Å². The molecule has 2 heterocycles. The number of aliphatic imine (C=N–C) groups is 1. The zero-order valence-electron chi connectivity index (χ0n) is 14.7. The van der Waals surface area contributed by atoms with Gasteiger partial charge >= 0.3 is 6.09 Å². The van der Waals surface area contributed by atoms with Gasteiger partial charge in [-0.15, -0.1) is 0 Å². The summed E-state index contributed by atoms with van der Waals surface area (Å²) in [5.41, 5.74) is 0.387. The highest BCUT2D eigenvalue weighted by Crippen LogP contribution is 2.47. The highest BCUT2D eigenvalue weighted by atomic mass is 16.6. The van der Waals surface area contributed by atoms with Crippen LogP contribution in [0.3, 0.4) is 0 Å². The van der Waals surface area contributed by atoms with Gasteiger partial charge in [0.1, 0.15) is 0 Å². The molecular weight excluding hydrogens is 290 g/mol. The third-order valence-electron chi connectivity index (χ3n) is 5.84. The summed E-state index contributed by atoms with van der Waals surface area (Å²) in [6, 6.07) is 0.725. The maximum Gasteiger partial charge on any atom is 0.409 e. The lowest BCUT2D eigenvalue weighted by molar-refractivity contribution is -0.00364. The van der Waals surface area contributed by atoms with E-state index in [0.717, 1.165) is 25.7 Å². The molecule has 2 aliphatic heterocycles. The van der Waals surface area contributed by atoms with Crippen molar-refractivity contribution in [2.75, 3.05) is 39.3 Å². The van der Waals surface area contributed by atoms with Crippen LogP contribution in [-0.2, 0) is 4.74 Å². The van der Waals surface area contributed by atoms with Gasteiger partial charge in [-0.05, 0) is 65.0 Å². The fourth-order valence-corrected chi connectivity index (χ4v) is 4.57. The van der Waals surface area contributed by atoms with Gasteiger partial charge in [-0.3, -0.25) is 4.99 Å². The molecule has 5 heteroatoms. The first kappa shape index (κ1) is 16.7. The number of carbonyl (C=O) groups excluding carboxylic acids is 1. The monoisotopic (exact) mass is 321 g/mol. The Hall–Kier alpha value is -1.10. The van der Waals surface area contributed by atoms with Crippen LogP contribution in [0.5, 0.6) is 0 Å². The number of hydrogen-bond donors (Lipinski definition) is 0. The number of ether oxygens (including phenoxy) is 1. The zero-order chi connectivity index (χ0) is 16.3. The predicted octanol–water partition coefficient (Wildman–Crippen LogP) is 2.80. The quantitative estimate of drug-likeness (QED) is 0.748. The predicted molar refractivity (Wildman–Crippen MR) is 92.0 cm³/mol. The van der Waals surface area contributed by atoms with E-state index in [2.05, 4.69) is 23.0 Å². The van der Waals surface area contributed by atoms with Crippen molar-refractivity contribution in [3.63, 3.8) is 0 Å². The molecule has 1 unspecified atom stereocenters. The smallest absolute Gasteiger partial charge is 0.409 e. The molecule has 1 amide bonds. The van der Waals surface area contributed by atoms with Gasteiger partial charge in [-0.1, -0.05) is 0 Å². The Morgan fingerprint density at radius 1 is 1.26 bits per heavy atom. The van der Waals surface area contributed by atoms with E-state index >= 15 is 0 Å². The van der Waals surface area contributed by atoms with Gasteiger partial charge in [0.05, 0.1) is 6.61 Å². The van der Waals surface area contributed by atoms with Gasteiger partial charge < -0.3 is 14.5 Å². The molecule has 3 rings (SSSR count). The topological polar surface area (TPSA) is 45.1 Å². The van der Waals surface area contributed by atoms with Crippen LogP contribution in [0.4, 0.5) is 4.79 Å². The maximum absolute atomic E-state index is 11.8. The minimum atomic E-state index is -0.127. The first-order valence-corrected chi connectivity index (χ1v) is 9.31. The molecular formula is C18H31N3O2. The van der Waals surface area contributed by atoms with E-state index in [-0.39, 0.29) is 6.09 Å². The second kappa shape index (κ2) is 7.20. The molecule has 2 saturated heterocycles. The summed E-state index contributed by atoms with van der Waals surface area (Å²) in [7, 11) is 0. The van der Waals surface area contributed by atoms with Gasteiger partial charge in [0.2, 0.25) is 0 Å². The highest BCUT2D eigenvalue weighted by Gasteiger charge is 2.51. The van der Waals surface area contributed by atoms with Crippen LogP contribution in [0.15, 0.2) is 4.99 Å². The average Bonchev–Trinajstić information content (AvgIpc) is 2.98. The van der Waals surface area contributed by atoms with E-state index in [4.69, 9.17) is 4.74 Å².